The Bertz CT molecular complexity index is 591. The fraction of sp³-hybridized carbons (Fsp3) is 0.231. The molecule has 94 valence electrons. The number of benzene rings is 1. The molecule has 1 heterocycles. The van der Waals surface area contributed by atoms with E-state index in [9.17, 15) is 4.79 Å². The van der Waals surface area contributed by atoms with Gasteiger partial charge in [0.25, 0.3) is 0 Å². The van der Waals surface area contributed by atoms with Gasteiger partial charge in [0.05, 0.1) is 16.9 Å². The normalized spacial score (nSPS) is 10.9. The van der Waals surface area contributed by atoms with Gasteiger partial charge in [-0.15, -0.1) is 0 Å². The van der Waals surface area contributed by atoms with Crippen molar-refractivity contribution in [1.29, 1.82) is 0 Å². The van der Waals surface area contributed by atoms with Gasteiger partial charge in [0, 0.05) is 5.02 Å². The second-order valence-corrected chi connectivity index (χ2v) is 5.05. The van der Waals surface area contributed by atoms with E-state index in [0.29, 0.717) is 21.4 Å². The highest BCUT2D eigenvalue weighted by molar-refractivity contribution is 6.32. The second-order valence-electron chi connectivity index (χ2n) is 4.25. The van der Waals surface area contributed by atoms with Crippen LogP contribution in [0.15, 0.2) is 24.3 Å². The number of carbonyl (C=O) groups excluding carboxylic acids is 1. The Morgan fingerprint density at radius 2 is 2.06 bits per heavy atom. The zero-order chi connectivity index (χ0) is 13.3. The fourth-order valence-electron chi connectivity index (χ4n) is 1.74. The molecule has 0 bridgehead atoms. The summed E-state index contributed by atoms with van der Waals surface area (Å²) in [5, 5.41) is 5.30. The Labute approximate surface area is 115 Å². The molecule has 0 aliphatic rings. The summed E-state index contributed by atoms with van der Waals surface area (Å²) < 4.78 is 1.53. The third kappa shape index (κ3) is 2.28. The van der Waals surface area contributed by atoms with Gasteiger partial charge >= 0.3 is 0 Å². The van der Waals surface area contributed by atoms with Crippen molar-refractivity contribution in [2.24, 2.45) is 0 Å². The molecule has 1 aromatic carbocycles. The number of hydrogen-bond acceptors (Lipinski definition) is 2. The van der Waals surface area contributed by atoms with Gasteiger partial charge in [-0.25, -0.2) is 4.68 Å². The van der Waals surface area contributed by atoms with Crippen molar-refractivity contribution >= 4 is 29.5 Å². The van der Waals surface area contributed by atoms with E-state index in [2.05, 4.69) is 5.10 Å². The first kappa shape index (κ1) is 13.1. The minimum absolute atomic E-state index is 0.128. The molecule has 0 amide bonds. The van der Waals surface area contributed by atoms with Crippen LogP contribution >= 0.6 is 23.2 Å². The third-order valence-electron chi connectivity index (χ3n) is 2.61. The first-order valence-corrected chi connectivity index (χ1v) is 6.29. The Morgan fingerprint density at radius 3 is 2.56 bits per heavy atom. The van der Waals surface area contributed by atoms with Crippen LogP contribution in [0.5, 0.6) is 0 Å². The zero-order valence-electron chi connectivity index (χ0n) is 10.0. The van der Waals surface area contributed by atoms with E-state index in [0.717, 1.165) is 12.0 Å². The molecule has 0 saturated heterocycles. The SMILES string of the molecule is CC(C)c1nn(-c2cccc(Cl)c2)c(Cl)c1C=O. The van der Waals surface area contributed by atoms with Crippen LogP contribution in [0.3, 0.4) is 0 Å². The molecule has 0 aliphatic carbocycles. The largest absolute Gasteiger partial charge is 0.298 e. The van der Waals surface area contributed by atoms with E-state index in [1.54, 1.807) is 12.1 Å². The molecule has 2 aromatic rings. The van der Waals surface area contributed by atoms with E-state index in [-0.39, 0.29) is 5.92 Å². The molecular weight excluding hydrogens is 271 g/mol. The van der Waals surface area contributed by atoms with Gasteiger partial charge < -0.3 is 0 Å². The molecule has 0 unspecified atom stereocenters. The quantitative estimate of drug-likeness (QED) is 0.794. The lowest BCUT2D eigenvalue weighted by Crippen LogP contribution is -1.98. The van der Waals surface area contributed by atoms with Gasteiger partial charge in [-0.05, 0) is 24.1 Å². The third-order valence-corrected chi connectivity index (χ3v) is 3.21. The molecule has 0 radical (unpaired) electrons. The molecule has 5 heteroatoms. The van der Waals surface area contributed by atoms with Gasteiger partial charge in [0.15, 0.2) is 6.29 Å². The maximum absolute atomic E-state index is 11.1. The van der Waals surface area contributed by atoms with Crippen molar-refractivity contribution in [3.05, 3.63) is 45.7 Å². The van der Waals surface area contributed by atoms with Crippen LogP contribution in [-0.4, -0.2) is 16.1 Å². The minimum atomic E-state index is 0.128. The zero-order valence-corrected chi connectivity index (χ0v) is 11.5. The van der Waals surface area contributed by atoms with Gasteiger partial charge in [-0.1, -0.05) is 43.1 Å². The van der Waals surface area contributed by atoms with Crippen LogP contribution in [-0.2, 0) is 0 Å². The molecular formula is C13H12Cl2N2O. The molecule has 0 aliphatic heterocycles. The van der Waals surface area contributed by atoms with Crippen molar-refractivity contribution < 1.29 is 4.79 Å². The van der Waals surface area contributed by atoms with E-state index < -0.39 is 0 Å². The number of aromatic nitrogens is 2. The average molecular weight is 283 g/mol. The number of halogens is 2. The molecule has 18 heavy (non-hydrogen) atoms. The van der Waals surface area contributed by atoms with E-state index in [4.69, 9.17) is 23.2 Å². The summed E-state index contributed by atoms with van der Waals surface area (Å²) in [5.41, 5.74) is 1.86. The van der Waals surface area contributed by atoms with E-state index >= 15 is 0 Å². The fourth-order valence-corrected chi connectivity index (χ4v) is 2.20. The molecule has 3 nitrogen and oxygen atoms in total. The van der Waals surface area contributed by atoms with Crippen molar-refractivity contribution in [2.75, 3.05) is 0 Å². The maximum atomic E-state index is 11.1. The Morgan fingerprint density at radius 1 is 1.33 bits per heavy atom. The summed E-state index contributed by atoms with van der Waals surface area (Å²) in [7, 11) is 0. The molecule has 0 spiro atoms. The van der Waals surface area contributed by atoms with Gasteiger partial charge in [-0.2, -0.15) is 5.10 Å². The predicted molar refractivity (Wildman–Crippen MR) is 73.1 cm³/mol. The van der Waals surface area contributed by atoms with Gasteiger partial charge in [-0.3, -0.25) is 4.79 Å². The topological polar surface area (TPSA) is 34.9 Å². The van der Waals surface area contributed by atoms with Crippen LogP contribution in [0.4, 0.5) is 0 Å². The van der Waals surface area contributed by atoms with E-state index in [1.807, 2.05) is 26.0 Å². The summed E-state index contributed by atoms with van der Waals surface area (Å²) >= 11 is 12.1. The molecule has 0 fully saturated rings. The standard InChI is InChI=1S/C13H12Cl2N2O/c1-8(2)12-11(7-18)13(15)17(16-12)10-5-3-4-9(14)6-10/h3-8H,1-2H3. The van der Waals surface area contributed by atoms with Crippen LogP contribution in [0, 0.1) is 0 Å². The lowest BCUT2D eigenvalue weighted by molar-refractivity contribution is 0.112. The molecule has 2 rings (SSSR count). The Balaban J connectivity index is 2.62. The number of carbonyl (C=O) groups is 1. The summed E-state index contributed by atoms with van der Waals surface area (Å²) in [6.07, 6.45) is 0.742. The molecule has 1 aromatic heterocycles. The summed E-state index contributed by atoms with van der Waals surface area (Å²) in [5.74, 6) is 0.128. The van der Waals surface area contributed by atoms with Gasteiger partial charge in [0.2, 0.25) is 0 Å². The van der Waals surface area contributed by atoms with Crippen molar-refractivity contribution in [3.63, 3.8) is 0 Å². The number of rotatable bonds is 3. The number of nitrogens with zero attached hydrogens (tertiary/aromatic N) is 2. The minimum Gasteiger partial charge on any atom is -0.298 e. The van der Waals surface area contributed by atoms with Crippen LogP contribution < -0.4 is 0 Å². The summed E-state index contributed by atoms with van der Waals surface area (Å²) in [6, 6.07) is 7.17. The number of hydrogen-bond donors (Lipinski definition) is 0. The van der Waals surface area contributed by atoms with Crippen molar-refractivity contribution in [3.8, 4) is 5.69 Å². The monoisotopic (exact) mass is 282 g/mol. The molecule has 0 saturated carbocycles. The average Bonchev–Trinajstić information content (AvgIpc) is 2.66. The second kappa shape index (κ2) is 5.12. The van der Waals surface area contributed by atoms with Crippen LogP contribution in [0.2, 0.25) is 10.2 Å². The summed E-state index contributed by atoms with van der Waals surface area (Å²) in [4.78, 5) is 11.1. The Kier molecular flexibility index (Phi) is 3.73. The van der Waals surface area contributed by atoms with Crippen LogP contribution in [0.25, 0.3) is 5.69 Å². The van der Waals surface area contributed by atoms with Crippen LogP contribution in [0.1, 0.15) is 35.8 Å². The summed E-state index contributed by atoms with van der Waals surface area (Å²) in [6.45, 7) is 3.93. The predicted octanol–water partition coefficient (Wildman–Crippen LogP) is 4.12. The Hall–Kier alpha value is -1.32. The first-order chi connectivity index (χ1) is 8.54. The van der Waals surface area contributed by atoms with Crippen molar-refractivity contribution in [2.45, 2.75) is 19.8 Å². The maximum Gasteiger partial charge on any atom is 0.155 e. The molecule has 0 atom stereocenters. The lowest BCUT2D eigenvalue weighted by atomic mass is 10.1. The highest BCUT2D eigenvalue weighted by Gasteiger charge is 2.19. The van der Waals surface area contributed by atoms with E-state index in [1.165, 1.54) is 4.68 Å². The highest BCUT2D eigenvalue weighted by Crippen LogP contribution is 2.27. The molecule has 0 N–H and O–H groups in total. The lowest BCUT2D eigenvalue weighted by Gasteiger charge is -2.03. The number of aldehydes is 1. The highest BCUT2D eigenvalue weighted by atomic mass is 35.5. The first-order valence-electron chi connectivity index (χ1n) is 5.54. The van der Waals surface area contributed by atoms with Crippen molar-refractivity contribution in [1.82, 2.24) is 9.78 Å². The smallest absolute Gasteiger partial charge is 0.155 e. The van der Waals surface area contributed by atoms with Gasteiger partial charge in [0.1, 0.15) is 5.15 Å².